The second-order valence-electron chi connectivity index (χ2n) is 9.32. The van der Waals surface area contributed by atoms with Crippen LogP contribution in [0.25, 0.3) is 0 Å². The van der Waals surface area contributed by atoms with Gasteiger partial charge in [0.1, 0.15) is 4.32 Å². The summed E-state index contributed by atoms with van der Waals surface area (Å²) in [5, 5.41) is 3.21. The lowest BCUT2D eigenvalue weighted by molar-refractivity contribution is 0.565. The fourth-order valence-electron chi connectivity index (χ4n) is 3.03. The quantitative estimate of drug-likeness (QED) is 0.578. The minimum absolute atomic E-state index is 0.0382. The summed E-state index contributed by atoms with van der Waals surface area (Å²) in [5.41, 5.74) is 3.94. The number of hydrogen-bond donors (Lipinski definition) is 1. The van der Waals surface area contributed by atoms with Gasteiger partial charge in [-0.3, -0.25) is 0 Å². The normalized spacial score (nSPS) is 19.9. The molecule has 1 heterocycles. The molecule has 152 valence electrons. The van der Waals surface area contributed by atoms with Crippen LogP contribution < -0.4 is 5.32 Å². The van der Waals surface area contributed by atoms with Gasteiger partial charge in [0.2, 0.25) is 0 Å². The maximum absolute atomic E-state index is 11.6. The Hall–Kier alpha value is -0.110. The molecular formula is C20H30BrNO2S3. The number of halogens is 1. The van der Waals surface area contributed by atoms with Gasteiger partial charge in [-0.2, -0.15) is 0 Å². The molecule has 0 radical (unpaired) electrons. The molecule has 0 saturated carbocycles. The van der Waals surface area contributed by atoms with Crippen LogP contribution in [0.1, 0.15) is 64.7 Å². The van der Waals surface area contributed by atoms with Crippen molar-refractivity contribution in [3.8, 4) is 0 Å². The molecule has 3 nitrogen and oxygen atoms in total. The van der Waals surface area contributed by atoms with E-state index in [-0.39, 0.29) is 28.4 Å². The van der Waals surface area contributed by atoms with Crippen molar-refractivity contribution in [3.05, 3.63) is 33.3 Å². The van der Waals surface area contributed by atoms with E-state index in [4.69, 9.17) is 12.2 Å². The molecule has 1 aliphatic heterocycles. The van der Waals surface area contributed by atoms with Gasteiger partial charge in [0.05, 0.1) is 11.5 Å². The Morgan fingerprint density at radius 2 is 1.85 bits per heavy atom. The van der Waals surface area contributed by atoms with Crippen molar-refractivity contribution in [1.29, 1.82) is 0 Å². The van der Waals surface area contributed by atoms with Gasteiger partial charge in [-0.15, -0.1) is 0 Å². The number of rotatable bonds is 3. The largest absolute Gasteiger partial charge is 0.367 e. The van der Waals surface area contributed by atoms with Crippen molar-refractivity contribution in [2.24, 2.45) is 0 Å². The van der Waals surface area contributed by atoms with E-state index in [1.54, 1.807) is 11.8 Å². The molecule has 1 aliphatic rings. The van der Waals surface area contributed by atoms with Crippen LogP contribution in [-0.2, 0) is 26.4 Å². The summed E-state index contributed by atoms with van der Waals surface area (Å²) < 4.78 is 25.0. The van der Waals surface area contributed by atoms with Gasteiger partial charge in [0, 0.05) is 16.3 Å². The summed E-state index contributed by atoms with van der Waals surface area (Å²) in [6, 6.07) is 4.51. The highest BCUT2D eigenvalue weighted by atomic mass is 79.9. The second-order valence-corrected chi connectivity index (χ2v) is 14.0. The summed E-state index contributed by atoms with van der Waals surface area (Å²) in [7, 11) is -2.90. The Balaban J connectivity index is 2.16. The molecule has 0 aromatic heterocycles. The summed E-state index contributed by atoms with van der Waals surface area (Å²) in [5.74, 6) is 1.19. The average Bonchev–Trinajstić information content (AvgIpc) is 2.82. The average molecular weight is 493 g/mol. The van der Waals surface area contributed by atoms with Crippen LogP contribution in [0, 0.1) is 0 Å². The van der Waals surface area contributed by atoms with Crippen LogP contribution in [0.4, 0.5) is 0 Å². The summed E-state index contributed by atoms with van der Waals surface area (Å²) >= 11 is 10.8. The monoisotopic (exact) mass is 491 g/mol. The minimum atomic E-state index is -2.90. The Bertz CT molecular complexity index is 821. The first-order valence-corrected chi connectivity index (χ1v) is 13.2. The Labute approximate surface area is 182 Å². The third kappa shape index (κ3) is 6.44. The number of thioether (sulfide) groups is 1. The zero-order valence-corrected chi connectivity index (χ0v) is 21.0. The van der Waals surface area contributed by atoms with Gasteiger partial charge < -0.3 is 5.32 Å². The Morgan fingerprint density at radius 1 is 1.22 bits per heavy atom. The molecule has 0 spiro atoms. The van der Waals surface area contributed by atoms with Gasteiger partial charge in [-0.25, -0.2) is 8.42 Å². The molecule has 1 saturated heterocycles. The fraction of sp³-hybridized carbons (Fsp3) is 0.650. The summed E-state index contributed by atoms with van der Waals surface area (Å²) in [6.45, 7) is 13.4. The highest BCUT2D eigenvalue weighted by Gasteiger charge is 2.28. The molecule has 1 N–H and O–H groups in total. The predicted octanol–water partition coefficient (Wildman–Crippen LogP) is 5.34. The molecule has 1 fully saturated rings. The highest BCUT2D eigenvalue weighted by molar-refractivity contribution is 9.10. The molecule has 0 aliphatic carbocycles. The van der Waals surface area contributed by atoms with Crippen LogP contribution in [0.15, 0.2) is 16.6 Å². The predicted molar refractivity (Wildman–Crippen MR) is 126 cm³/mol. The first-order chi connectivity index (χ1) is 12.2. The van der Waals surface area contributed by atoms with Gasteiger partial charge >= 0.3 is 0 Å². The topological polar surface area (TPSA) is 46.2 Å². The van der Waals surface area contributed by atoms with E-state index in [2.05, 4.69) is 74.9 Å². The SMILES string of the molecule is CC(C)(C)c1cc(CSC(=S)N[C@@H]2CCS(=O)(=O)C2)c(Br)c(C(C)(C)C)c1. The van der Waals surface area contributed by atoms with Crippen LogP contribution in [-0.4, -0.2) is 30.3 Å². The van der Waals surface area contributed by atoms with Gasteiger partial charge in [0.25, 0.3) is 0 Å². The third-order valence-corrected chi connectivity index (χ3v) is 8.75. The highest BCUT2D eigenvalue weighted by Crippen LogP contribution is 2.38. The number of benzene rings is 1. The molecular weight excluding hydrogens is 462 g/mol. The molecule has 7 heteroatoms. The first kappa shape index (κ1) is 23.2. The Morgan fingerprint density at radius 3 is 2.33 bits per heavy atom. The van der Waals surface area contributed by atoms with Crippen molar-refractivity contribution in [2.45, 2.75) is 70.6 Å². The number of thiocarbonyl (C=S) groups is 1. The smallest absolute Gasteiger partial charge is 0.152 e. The number of nitrogens with one attached hydrogen (secondary N) is 1. The van der Waals surface area contributed by atoms with E-state index in [9.17, 15) is 8.42 Å². The molecule has 1 atom stereocenters. The fourth-order valence-corrected chi connectivity index (χ4v) is 6.96. The van der Waals surface area contributed by atoms with Gasteiger partial charge in [0.15, 0.2) is 9.84 Å². The molecule has 0 amide bonds. The van der Waals surface area contributed by atoms with Crippen LogP contribution in [0.3, 0.4) is 0 Å². The van der Waals surface area contributed by atoms with Gasteiger partial charge in [-0.05, 0) is 33.9 Å². The van der Waals surface area contributed by atoms with Crippen molar-refractivity contribution in [3.63, 3.8) is 0 Å². The lowest BCUT2D eigenvalue weighted by Gasteiger charge is -2.28. The molecule has 0 bridgehead atoms. The van der Waals surface area contributed by atoms with Gasteiger partial charge in [-0.1, -0.05) is 93.6 Å². The standard InChI is InChI=1S/C20H30BrNO2S3/c1-19(2,3)14-9-13(17(21)16(10-14)20(4,5)6)11-26-18(25)22-15-7-8-27(23,24)12-15/h9-10,15H,7-8,11-12H2,1-6H3,(H,22,25)/t15-/m1/s1. The van der Waals surface area contributed by atoms with E-state index in [0.29, 0.717) is 10.7 Å². The Kier molecular flexibility index (Phi) is 7.15. The maximum Gasteiger partial charge on any atom is 0.152 e. The van der Waals surface area contributed by atoms with E-state index in [1.165, 1.54) is 16.7 Å². The number of hydrogen-bond acceptors (Lipinski definition) is 4. The molecule has 27 heavy (non-hydrogen) atoms. The zero-order chi connectivity index (χ0) is 20.6. The summed E-state index contributed by atoms with van der Waals surface area (Å²) in [4.78, 5) is 0. The maximum atomic E-state index is 11.6. The lowest BCUT2D eigenvalue weighted by Crippen LogP contribution is -2.32. The first-order valence-electron chi connectivity index (χ1n) is 9.16. The van der Waals surface area contributed by atoms with Crippen LogP contribution in [0.2, 0.25) is 0 Å². The van der Waals surface area contributed by atoms with Crippen molar-refractivity contribution in [1.82, 2.24) is 5.32 Å². The third-order valence-electron chi connectivity index (χ3n) is 4.74. The van der Waals surface area contributed by atoms with E-state index in [0.717, 1.165) is 10.2 Å². The number of sulfone groups is 1. The van der Waals surface area contributed by atoms with Crippen molar-refractivity contribution in [2.75, 3.05) is 11.5 Å². The van der Waals surface area contributed by atoms with E-state index in [1.807, 2.05) is 0 Å². The van der Waals surface area contributed by atoms with Crippen molar-refractivity contribution < 1.29 is 8.42 Å². The zero-order valence-electron chi connectivity index (χ0n) is 17.0. The van der Waals surface area contributed by atoms with Crippen LogP contribution in [0.5, 0.6) is 0 Å². The molecule has 1 aromatic carbocycles. The molecule has 2 rings (SSSR count). The lowest BCUT2D eigenvalue weighted by atomic mass is 9.80. The molecule has 1 aromatic rings. The van der Waals surface area contributed by atoms with Crippen molar-refractivity contribution >= 4 is 54.1 Å². The summed E-state index contributed by atoms with van der Waals surface area (Å²) in [6.07, 6.45) is 0.639. The second kappa shape index (κ2) is 8.33. The van der Waals surface area contributed by atoms with E-state index >= 15 is 0 Å². The molecule has 0 unspecified atom stereocenters. The van der Waals surface area contributed by atoms with Crippen LogP contribution >= 0.6 is 39.9 Å². The minimum Gasteiger partial charge on any atom is -0.367 e. The van der Waals surface area contributed by atoms with E-state index < -0.39 is 9.84 Å².